The van der Waals surface area contributed by atoms with Gasteiger partial charge >= 0.3 is 5.97 Å². The Bertz CT molecular complexity index is 782. The number of unbranched alkanes of at least 4 members (excludes halogenated alkanes) is 3. The lowest BCUT2D eigenvalue weighted by molar-refractivity contribution is -0.137. The number of hydrogen-bond donors (Lipinski definition) is 1. The van der Waals surface area contributed by atoms with E-state index in [0.717, 1.165) is 58.2 Å². The van der Waals surface area contributed by atoms with E-state index in [1.165, 1.54) is 29.5 Å². The second-order valence-electron chi connectivity index (χ2n) is 9.02. The highest BCUT2D eigenvalue weighted by molar-refractivity contribution is 5.66. The minimum atomic E-state index is -0.688. The summed E-state index contributed by atoms with van der Waals surface area (Å²) in [6, 6.07) is 19.6. The summed E-state index contributed by atoms with van der Waals surface area (Å²) in [5.74, 6) is -0.688. The number of likely N-dealkylation sites (tertiary alicyclic amines) is 1. The topological polar surface area (TPSA) is 49.8 Å². The predicted molar refractivity (Wildman–Crippen MR) is 130 cm³/mol. The Kier molecular flexibility index (Phi) is 10.2. The number of carbonyl (C=O) groups is 1. The number of ether oxygens (including phenoxy) is 1. The zero-order chi connectivity index (χ0) is 22.6. The summed E-state index contributed by atoms with van der Waals surface area (Å²) in [5.41, 5.74) is 3.85. The molecule has 0 radical (unpaired) electrons. The van der Waals surface area contributed by atoms with Gasteiger partial charge in [-0.05, 0) is 61.8 Å². The van der Waals surface area contributed by atoms with Crippen molar-refractivity contribution in [3.63, 3.8) is 0 Å². The van der Waals surface area contributed by atoms with Gasteiger partial charge in [0.2, 0.25) is 0 Å². The van der Waals surface area contributed by atoms with E-state index < -0.39 is 5.97 Å². The summed E-state index contributed by atoms with van der Waals surface area (Å²) in [4.78, 5) is 13.1. The lowest BCUT2D eigenvalue weighted by Crippen LogP contribution is -2.38. The van der Waals surface area contributed by atoms with Gasteiger partial charge in [-0.1, -0.05) is 74.4 Å². The van der Waals surface area contributed by atoms with Crippen LogP contribution in [0.1, 0.15) is 81.1 Å². The fraction of sp³-hybridized carbons (Fsp3) is 0.536. The van der Waals surface area contributed by atoms with Crippen LogP contribution >= 0.6 is 0 Å². The molecule has 0 aliphatic carbocycles. The van der Waals surface area contributed by atoms with E-state index in [9.17, 15) is 4.79 Å². The molecular weight excluding hydrogens is 398 g/mol. The normalized spacial score (nSPS) is 16.2. The molecule has 32 heavy (non-hydrogen) atoms. The van der Waals surface area contributed by atoms with Gasteiger partial charge in [-0.2, -0.15) is 0 Å². The van der Waals surface area contributed by atoms with Crippen LogP contribution in [0.3, 0.4) is 0 Å². The van der Waals surface area contributed by atoms with Crippen molar-refractivity contribution < 1.29 is 14.6 Å². The van der Waals surface area contributed by atoms with E-state index in [4.69, 9.17) is 9.84 Å². The van der Waals surface area contributed by atoms with Gasteiger partial charge in [-0.3, -0.25) is 4.79 Å². The average Bonchev–Trinajstić information content (AvgIpc) is 2.82. The molecule has 0 bridgehead atoms. The molecule has 1 aliphatic rings. The first kappa shape index (κ1) is 24.5. The summed E-state index contributed by atoms with van der Waals surface area (Å²) < 4.78 is 6.71. The molecule has 1 atom stereocenters. The Balaban J connectivity index is 1.53. The van der Waals surface area contributed by atoms with Crippen LogP contribution in [0.2, 0.25) is 0 Å². The molecule has 4 heteroatoms. The van der Waals surface area contributed by atoms with Crippen LogP contribution < -0.4 is 0 Å². The number of rotatable bonds is 13. The molecule has 1 saturated heterocycles. The number of aliphatic carboxylic acids is 1. The summed E-state index contributed by atoms with van der Waals surface area (Å²) >= 11 is 0. The molecule has 0 spiro atoms. The first-order chi connectivity index (χ1) is 15.7. The van der Waals surface area contributed by atoms with E-state index in [1.54, 1.807) is 0 Å². The van der Waals surface area contributed by atoms with Gasteiger partial charge in [-0.15, -0.1) is 0 Å². The van der Waals surface area contributed by atoms with E-state index >= 15 is 0 Å². The summed E-state index contributed by atoms with van der Waals surface area (Å²) in [6.07, 6.45) is 9.08. The van der Waals surface area contributed by atoms with Gasteiger partial charge in [0.05, 0.1) is 6.10 Å². The third-order valence-electron chi connectivity index (χ3n) is 6.43. The highest BCUT2D eigenvalue weighted by Gasteiger charge is 2.24. The fourth-order valence-corrected chi connectivity index (χ4v) is 4.47. The molecule has 1 aliphatic heterocycles. The standard InChI is InChI=1S/C28H39NO3/c1-2-3-10-23-14-16-25(17-15-23)28(24-11-6-4-7-12-24)32-26-18-21-29(22-19-26)20-9-5-8-13-27(30)31/h4,6-7,11-12,14-17,26,28H,2-3,5,8-10,13,18-22H2,1H3,(H,30,31). The molecule has 1 heterocycles. The number of hydrogen-bond acceptors (Lipinski definition) is 3. The van der Waals surface area contributed by atoms with Crippen molar-refractivity contribution in [2.45, 2.75) is 76.9 Å². The zero-order valence-corrected chi connectivity index (χ0v) is 19.5. The van der Waals surface area contributed by atoms with Gasteiger partial charge in [0.15, 0.2) is 0 Å². The molecular formula is C28H39NO3. The van der Waals surface area contributed by atoms with Crippen molar-refractivity contribution in [1.82, 2.24) is 4.90 Å². The lowest BCUT2D eigenvalue weighted by atomic mass is 9.98. The molecule has 174 valence electrons. The summed E-state index contributed by atoms with van der Waals surface area (Å²) in [5, 5.41) is 8.75. The molecule has 1 unspecified atom stereocenters. The Hall–Kier alpha value is -2.17. The molecule has 4 nitrogen and oxygen atoms in total. The highest BCUT2D eigenvalue weighted by atomic mass is 16.5. The number of carboxylic acids is 1. The van der Waals surface area contributed by atoms with Gasteiger partial charge in [0.1, 0.15) is 6.10 Å². The third kappa shape index (κ3) is 8.07. The zero-order valence-electron chi connectivity index (χ0n) is 19.5. The third-order valence-corrected chi connectivity index (χ3v) is 6.43. The van der Waals surface area contributed by atoms with Crippen molar-refractivity contribution >= 4 is 5.97 Å². The molecule has 1 fully saturated rings. The van der Waals surface area contributed by atoms with Crippen LogP contribution in [0.15, 0.2) is 54.6 Å². The van der Waals surface area contributed by atoms with Crippen LogP contribution in [-0.4, -0.2) is 41.7 Å². The lowest BCUT2D eigenvalue weighted by Gasteiger charge is -2.34. The number of piperidine rings is 1. The van der Waals surface area contributed by atoms with E-state index in [2.05, 4.69) is 66.4 Å². The van der Waals surface area contributed by atoms with Crippen molar-refractivity contribution in [2.24, 2.45) is 0 Å². The molecule has 3 rings (SSSR count). The van der Waals surface area contributed by atoms with E-state index in [1.807, 2.05) is 0 Å². The predicted octanol–water partition coefficient (Wildman–Crippen LogP) is 6.24. The molecule has 2 aromatic rings. The van der Waals surface area contributed by atoms with Gasteiger partial charge in [0, 0.05) is 19.5 Å². The van der Waals surface area contributed by atoms with E-state index in [-0.39, 0.29) is 18.6 Å². The SMILES string of the molecule is CCCCc1ccc(C(OC2CCN(CCCCCC(=O)O)CC2)c2ccccc2)cc1. The van der Waals surface area contributed by atoms with Crippen LogP contribution in [0.5, 0.6) is 0 Å². The Labute approximate surface area is 193 Å². The monoisotopic (exact) mass is 437 g/mol. The quantitative estimate of drug-likeness (QED) is 0.377. The largest absolute Gasteiger partial charge is 0.481 e. The molecule has 0 amide bonds. The van der Waals surface area contributed by atoms with E-state index in [0.29, 0.717) is 0 Å². The number of benzene rings is 2. The van der Waals surface area contributed by atoms with Gasteiger partial charge in [-0.25, -0.2) is 0 Å². The number of aryl methyl sites for hydroxylation is 1. The van der Waals surface area contributed by atoms with Crippen molar-refractivity contribution in [3.8, 4) is 0 Å². The number of carboxylic acid groups (broad SMARTS) is 1. The second kappa shape index (κ2) is 13.4. The minimum absolute atomic E-state index is 0.0241. The Morgan fingerprint density at radius 3 is 2.31 bits per heavy atom. The first-order valence-corrected chi connectivity index (χ1v) is 12.4. The highest BCUT2D eigenvalue weighted by Crippen LogP contribution is 2.30. The van der Waals surface area contributed by atoms with Gasteiger partial charge in [0.25, 0.3) is 0 Å². The maximum atomic E-state index is 10.6. The first-order valence-electron chi connectivity index (χ1n) is 12.4. The Morgan fingerprint density at radius 2 is 1.66 bits per heavy atom. The van der Waals surface area contributed by atoms with Crippen LogP contribution in [-0.2, 0) is 16.0 Å². The van der Waals surface area contributed by atoms with Gasteiger partial charge < -0.3 is 14.7 Å². The smallest absolute Gasteiger partial charge is 0.303 e. The summed E-state index contributed by atoms with van der Waals surface area (Å²) in [7, 11) is 0. The van der Waals surface area contributed by atoms with Crippen molar-refractivity contribution in [1.29, 1.82) is 0 Å². The average molecular weight is 438 g/mol. The molecule has 0 saturated carbocycles. The van der Waals surface area contributed by atoms with Crippen molar-refractivity contribution in [3.05, 3.63) is 71.3 Å². The maximum Gasteiger partial charge on any atom is 0.303 e. The Morgan fingerprint density at radius 1 is 0.969 bits per heavy atom. The molecule has 1 N–H and O–H groups in total. The second-order valence-corrected chi connectivity index (χ2v) is 9.02. The molecule has 0 aromatic heterocycles. The number of nitrogens with zero attached hydrogens (tertiary/aromatic N) is 1. The maximum absolute atomic E-state index is 10.6. The van der Waals surface area contributed by atoms with Crippen molar-refractivity contribution in [2.75, 3.05) is 19.6 Å². The summed E-state index contributed by atoms with van der Waals surface area (Å²) in [6.45, 7) is 5.41. The minimum Gasteiger partial charge on any atom is -0.481 e. The van der Waals surface area contributed by atoms with Crippen LogP contribution in [0.25, 0.3) is 0 Å². The van der Waals surface area contributed by atoms with Crippen LogP contribution in [0, 0.1) is 0 Å². The fourth-order valence-electron chi connectivity index (χ4n) is 4.47. The van der Waals surface area contributed by atoms with Crippen LogP contribution in [0.4, 0.5) is 0 Å². The molecule has 2 aromatic carbocycles.